The smallest absolute Gasteiger partial charge is 0.341 e. The molecule has 0 saturated heterocycles. The number of esters is 1. The number of fused-ring (bicyclic) bond motifs is 3. The standard InChI is InChI=1S/C23H20ClN3O2/c1-4-29-23(28)18-12-25-21-17-11-13(2)5-10-19(17)26-14(3)20(21)22(18)27-16-8-6-15(24)7-9-16/h5-12H,4H2,1-3H3,(H,25,27). The van der Waals surface area contributed by atoms with E-state index in [1.165, 1.54) is 0 Å². The summed E-state index contributed by atoms with van der Waals surface area (Å²) in [6.45, 7) is 6.02. The number of anilines is 2. The number of aromatic nitrogens is 2. The number of hydrogen-bond donors (Lipinski definition) is 1. The summed E-state index contributed by atoms with van der Waals surface area (Å²) in [5, 5.41) is 5.74. The minimum absolute atomic E-state index is 0.283. The summed E-state index contributed by atoms with van der Waals surface area (Å²) in [7, 11) is 0. The zero-order valence-electron chi connectivity index (χ0n) is 16.4. The van der Waals surface area contributed by atoms with Gasteiger partial charge in [0.05, 0.1) is 23.3 Å². The highest BCUT2D eigenvalue weighted by Gasteiger charge is 2.20. The average molecular weight is 406 g/mol. The molecule has 0 atom stereocenters. The first-order valence-electron chi connectivity index (χ1n) is 9.37. The number of halogens is 1. The van der Waals surface area contributed by atoms with E-state index in [2.05, 4.69) is 16.4 Å². The maximum atomic E-state index is 12.6. The Labute approximate surface area is 173 Å². The number of nitrogens with zero attached hydrogens (tertiary/aromatic N) is 2. The van der Waals surface area contributed by atoms with Crippen molar-refractivity contribution in [3.63, 3.8) is 0 Å². The van der Waals surface area contributed by atoms with Gasteiger partial charge in [-0.1, -0.05) is 23.2 Å². The van der Waals surface area contributed by atoms with Gasteiger partial charge in [0.1, 0.15) is 5.56 Å². The molecule has 0 aliphatic carbocycles. The number of rotatable bonds is 4. The molecule has 0 aliphatic rings. The first kappa shape index (κ1) is 19.2. The normalized spacial score (nSPS) is 11.0. The highest BCUT2D eigenvalue weighted by molar-refractivity contribution is 6.30. The van der Waals surface area contributed by atoms with Crippen molar-refractivity contribution >= 4 is 50.8 Å². The highest BCUT2D eigenvalue weighted by Crippen LogP contribution is 2.35. The summed E-state index contributed by atoms with van der Waals surface area (Å²) in [5.41, 5.74) is 5.36. The summed E-state index contributed by atoms with van der Waals surface area (Å²) in [6.07, 6.45) is 1.57. The molecule has 4 aromatic rings. The van der Waals surface area contributed by atoms with Crippen LogP contribution < -0.4 is 5.32 Å². The molecule has 1 N–H and O–H groups in total. The van der Waals surface area contributed by atoms with Gasteiger partial charge in [0.15, 0.2) is 0 Å². The van der Waals surface area contributed by atoms with E-state index < -0.39 is 5.97 Å². The summed E-state index contributed by atoms with van der Waals surface area (Å²) in [5.74, 6) is -0.429. The Morgan fingerprint density at radius 1 is 1.14 bits per heavy atom. The first-order chi connectivity index (χ1) is 14.0. The van der Waals surface area contributed by atoms with Gasteiger partial charge in [-0.05, 0) is 57.2 Å². The monoisotopic (exact) mass is 405 g/mol. The number of hydrogen-bond acceptors (Lipinski definition) is 5. The Bertz CT molecular complexity index is 1240. The molecule has 0 amide bonds. The maximum absolute atomic E-state index is 12.6. The van der Waals surface area contributed by atoms with Gasteiger partial charge >= 0.3 is 5.97 Å². The number of carbonyl (C=O) groups is 1. The van der Waals surface area contributed by atoms with E-state index in [1.807, 2.05) is 38.1 Å². The number of pyridine rings is 2. The van der Waals surface area contributed by atoms with E-state index in [0.29, 0.717) is 16.3 Å². The molecule has 2 heterocycles. The van der Waals surface area contributed by atoms with Crippen LogP contribution in [0.4, 0.5) is 11.4 Å². The number of ether oxygens (including phenoxy) is 1. The molecule has 0 unspecified atom stereocenters. The summed E-state index contributed by atoms with van der Waals surface area (Å²) in [6, 6.07) is 13.4. The van der Waals surface area contributed by atoms with E-state index in [9.17, 15) is 4.79 Å². The molecule has 5 nitrogen and oxygen atoms in total. The van der Waals surface area contributed by atoms with E-state index in [0.717, 1.165) is 38.8 Å². The molecule has 2 aromatic carbocycles. The lowest BCUT2D eigenvalue weighted by Crippen LogP contribution is -2.10. The van der Waals surface area contributed by atoms with Crippen LogP contribution in [0, 0.1) is 13.8 Å². The molecule has 0 aliphatic heterocycles. The van der Waals surface area contributed by atoms with Gasteiger partial charge in [-0.15, -0.1) is 0 Å². The Morgan fingerprint density at radius 3 is 2.62 bits per heavy atom. The van der Waals surface area contributed by atoms with Crippen LogP contribution in [-0.2, 0) is 4.74 Å². The molecule has 0 spiro atoms. The van der Waals surface area contributed by atoms with Crippen molar-refractivity contribution < 1.29 is 9.53 Å². The number of benzene rings is 2. The fourth-order valence-electron chi connectivity index (χ4n) is 3.41. The summed E-state index contributed by atoms with van der Waals surface area (Å²) in [4.78, 5) is 22.0. The Morgan fingerprint density at radius 2 is 1.90 bits per heavy atom. The van der Waals surface area contributed by atoms with Gasteiger partial charge in [0, 0.05) is 33.4 Å². The molecule has 29 heavy (non-hydrogen) atoms. The van der Waals surface area contributed by atoms with E-state index >= 15 is 0 Å². The SMILES string of the molecule is CCOC(=O)c1cnc2c(c(C)nc3ccc(C)cc32)c1Nc1ccc(Cl)cc1. The zero-order chi connectivity index (χ0) is 20.5. The van der Waals surface area contributed by atoms with Gasteiger partial charge in [-0.2, -0.15) is 0 Å². The van der Waals surface area contributed by atoms with Crippen molar-refractivity contribution in [2.45, 2.75) is 20.8 Å². The highest BCUT2D eigenvalue weighted by atomic mass is 35.5. The predicted octanol–water partition coefficient (Wildman–Crippen LogP) is 5.97. The second kappa shape index (κ2) is 7.68. The molecule has 6 heteroatoms. The van der Waals surface area contributed by atoms with E-state index in [-0.39, 0.29) is 6.61 Å². The minimum atomic E-state index is -0.429. The Kier molecular flexibility index (Phi) is 5.07. The molecule has 0 fully saturated rings. The summed E-state index contributed by atoms with van der Waals surface area (Å²) >= 11 is 6.02. The molecule has 4 rings (SSSR count). The van der Waals surface area contributed by atoms with Crippen molar-refractivity contribution in [1.29, 1.82) is 0 Å². The van der Waals surface area contributed by atoms with Gasteiger partial charge in [-0.3, -0.25) is 9.97 Å². The second-order valence-corrected chi connectivity index (χ2v) is 7.28. The van der Waals surface area contributed by atoms with Gasteiger partial charge < -0.3 is 10.1 Å². The Balaban J connectivity index is 2.02. The number of nitrogens with one attached hydrogen (secondary N) is 1. The zero-order valence-corrected chi connectivity index (χ0v) is 17.2. The third kappa shape index (κ3) is 3.61. The van der Waals surface area contributed by atoms with Crippen LogP contribution in [-0.4, -0.2) is 22.5 Å². The van der Waals surface area contributed by atoms with Crippen LogP contribution in [0.15, 0.2) is 48.7 Å². The van der Waals surface area contributed by atoms with Gasteiger partial charge in [-0.25, -0.2) is 4.79 Å². The fourth-order valence-corrected chi connectivity index (χ4v) is 3.54. The maximum Gasteiger partial charge on any atom is 0.341 e. The van der Waals surface area contributed by atoms with Gasteiger partial charge in [0.2, 0.25) is 0 Å². The molecule has 0 bridgehead atoms. The Hall–Kier alpha value is -3.18. The minimum Gasteiger partial charge on any atom is -0.462 e. The summed E-state index contributed by atoms with van der Waals surface area (Å²) < 4.78 is 5.26. The van der Waals surface area contributed by atoms with Crippen LogP contribution in [0.25, 0.3) is 21.8 Å². The van der Waals surface area contributed by atoms with Crippen LogP contribution in [0.1, 0.15) is 28.5 Å². The lowest BCUT2D eigenvalue weighted by Gasteiger charge is -2.16. The predicted molar refractivity (Wildman–Crippen MR) is 117 cm³/mol. The van der Waals surface area contributed by atoms with Crippen molar-refractivity contribution in [3.05, 3.63) is 70.5 Å². The van der Waals surface area contributed by atoms with Crippen LogP contribution >= 0.6 is 11.6 Å². The van der Waals surface area contributed by atoms with Crippen LogP contribution in [0.5, 0.6) is 0 Å². The molecule has 2 aromatic heterocycles. The molecule has 0 radical (unpaired) electrons. The fraction of sp³-hybridized carbons (Fsp3) is 0.174. The van der Waals surface area contributed by atoms with Crippen molar-refractivity contribution in [2.75, 3.05) is 11.9 Å². The molecule has 146 valence electrons. The molecular weight excluding hydrogens is 386 g/mol. The lowest BCUT2D eigenvalue weighted by atomic mass is 10.0. The van der Waals surface area contributed by atoms with Crippen molar-refractivity contribution in [2.24, 2.45) is 0 Å². The van der Waals surface area contributed by atoms with Crippen LogP contribution in [0.3, 0.4) is 0 Å². The molecule has 0 saturated carbocycles. The van der Waals surface area contributed by atoms with Crippen molar-refractivity contribution in [1.82, 2.24) is 9.97 Å². The third-order valence-corrected chi connectivity index (χ3v) is 5.00. The first-order valence-corrected chi connectivity index (χ1v) is 9.75. The topological polar surface area (TPSA) is 64.1 Å². The molecular formula is C23H20ClN3O2. The van der Waals surface area contributed by atoms with E-state index in [4.69, 9.17) is 21.3 Å². The second-order valence-electron chi connectivity index (χ2n) is 6.84. The van der Waals surface area contributed by atoms with Crippen LogP contribution in [0.2, 0.25) is 5.02 Å². The quantitative estimate of drug-likeness (QED) is 0.334. The lowest BCUT2D eigenvalue weighted by molar-refractivity contribution is 0.0527. The number of carbonyl (C=O) groups excluding carboxylic acids is 1. The number of aryl methyl sites for hydroxylation is 2. The largest absolute Gasteiger partial charge is 0.462 e. The van der Waals surface area contributed by atoms with Gasteiger partial charge in [0.25, 0.3) is 0 Å². The van der Waals surface area contributed by atoms with E-state index in [1.54, 1.807) is 25.3 Å². The van der Waals surface area contributed by atoms with Crippen molar-refractivity contribution in [3.8, 4) is 0 Å². The average Bonchev–Trinajstić information content (AvgIpc) is 2.70. The third-order valence-electron chi connectivity index (χ3n) is 4.74.